The summed E-state index contributed by atoms with van der Waals surface area (Å²) < 4.78 is 5.18. The van der Waals surface area contributed by atoms with Crippen molar-refractivity contribution in [1.82, 2.24) is 4.98 Å². The van der Waals surface area contributed by atoms with Crippen LogP contribution in [0.25, 0.3) is 12.2 Å². The zero-order valence-electron chi connectivity index (χ0n) is 12.3. The molecule has 0 saturated heterocycles. The molecule has 1 amide bonds. The number of hydrogen-bond acceptors (Lipinski definition) is 4. The average molecular weight is 302 g/mol. The molecule has 21 heavy (non-hydrogen) atoms. The topological polar surface area (TPSA) is 51.2 Å². The highest BCUT2D eigenvalue weighted by molar-refractivity contribution is 7.14. The van der Waals surface area contributed by atoms with Gasteiger partial charge in [0.15, 0.2) is 5.13 Å². The van der Waals surface area contributed by atoms with Gasteiger partial charge in [-0.1, -0.05) is 36.4 Å². The molecule has 1 heterocycles. The molecular formula is C16H18N2O2S. The van der Waals surface area contributed by atoms with Crippen molar-refractivity contribution in [3.8, 4) is 0 Å². The zero-order chi connectivity index (χ0) is 15.3. The molecule has 0 saturated carbocycles. The highest BCUT2D eigenvalue weighted by Crippen LogP contribution is 2.18. The number of ether oxygens (including phenoxy) is 1. The van der Waals surface area contributed by atoms with Gasteiger partial charge in [-0.05, 0) is 32.4 Å². The lowest BCUT2D eigenvalue weighted by Gasteiger charge is -2.18. The number of carbonyl (C=O) groups is 1. The Balaban J connectivity index is 1.96. The summed E-state index contributed by atoms with van der Waals surface area (Å²) in [6.45, 7) is 5.47. The van der Waals surface area contributed by atoms with E-state index in [1.807, 2.05) is 68.6 Å². The third-order valence-corrected chi connectivity index (χ3v) is 3.15. The van der Waals surface area contributed by atoms with E-state index in [0.29, 0.717) is 5.13 Å². The second-order valence-corrected chi connectivity index (χ2v) is 6.31. The van der Waals surface area contributed by atoms with Crippen LogP contribution in [0.3, 0.4) is 0 Å². The molecule has 1 aromatic carbocycles. The molecule has 0 bridgehead atoms. The van der Waals surface area contributed by atoms with Crippen LogP contribution in [0.1, 0.15) is 32.0 Å². The molecule has 0 aliphatic carbocycles. The van der Waals surface area contributed by atoms with Crippen molar-refractivity contribution in [3.05, 3.63) is 47.0 Å². The fourth-order valence-electron chi connectivity index (χ4n) is 1.56. The smallest absolute Gasteiger partial charge is 0.413 e. The number of benzene rings is 1. The van der Waals surface area contributed by atoms with Crippen LogP contribution in [-0.4, -0.2) is 16.7 Å². The normalized spacial score (nSPS) is 11.6. The van der Waals surface area contributed by atoms with Crippen LogP contribution in [0.4, 0.5) is 9.93 Å². The predicted octanol–water partition coefficient (Wildman–Crippen LogP) is 4.66. The molecule has 0 radical (unpaired) electrons. The number of aromatic nitrogens is 1. The van der Waals surface area contributed by atoms with Crippen LogP contribution in [0.15, 0.2) is 35.7 Å². The number of nitrogens with one attached hydrogen (secondary N) is 1. The van der Waals surface area contributed by atoms with Crippen LogP contribution < -0.4 is 5.32 Å². The Morgan fingerprint density at radius 3 is 2.62 bits per heavy atom. The monoisotopic (exact) mass is 302 g/mol. The lowest BCUT2D eigenvalue weighted by atomic mass is 10.2. The summed E-state index contributed by atoms with van der Waals surface area (Å²) in [7, 11) is 0. The van der Waals surface area contributed by atoms with E-state index in [1.54, 1.807) is 0 Å². The number of anilines is 1. The van der Waals surface area contributed by atoms with Gasteiger partial charge in [0.25, 0.3) is 0 Å². The molecule has 0 atom stereocenters. The third kappa shape index (κ3) is 5.39. The minimum Gasteiger partial charge on any atom is -0.444 e. The Morgan fingerprint density at radius 1 is 1.24 bits per heavy atom. The summed E-state index contributed by atoms with van der Waals surface area (Å²) in [6, 6.07) is 9.97. The number of carbonyl (C=O) groups excluding carboxylic acids is 1. The van der Waals surface area contributed by atoms with E-state index in [-0.39, 0.29) is 0 Å². The molecule has 2 rings (SSSR count). The minimum atomic E-state index is -0.516. The molecule has 1 aromatic heterocycles. The maximum absolute atomic E-state index is 11.6. The van der Waals surface area contributed by atoms with Crippen molar-refractivity contribution < 1.29 is 9.53 Å². The number of hydrogen-bond donors (Lipinski definition) is 1. The predicted molar refractivity (Wildman–Crippen MR) is 87.3 cm³/mol. The molecule has 0 aliphatic rings. The van der Waals surface area contributed by atoms with Crippen LogP contribution >= 0.6 is 11.3 Å². The quantitative estimate of drug-likeness (QED) is 0.897. The molecule has 0 spiro atoms. The van der Waals surface area contributed by atoms with Crippen LogP contribution in [0, 0.1) is 0 Å². The van der Waals surface area contributed by atoms with E-state index in [4.69, 9.17) is 4.74 Å². The second kappa shape index (κ2) is 6.54. The standard InChI is InChI=1S/C16H18N2O2S/c1-16(2,3)20-15(19)18-14-17-13(11-21-14)10-9-12-7-5-4-6-8-12/h4-11H,1-3H3,(H,17,18,19). The Bertz CT molecular complexity index is 627. The fourth-order valence-corrected chi connectivity index (χ4v) is 2.22. The van der Waals surface area contributed by atoms with E-state index < -0.39 is 11.7 Å². The van der Waals surface area contributed by atoms with Gasteiger partial charge in [-0.2, -0.15) is 0 Å². The Hall–Kier alpha value is -2.14. The van der Waals surface area contributed by atoms with Crippen molar-refractivity contribution in [2.45, 2.75) is 26.4 Å². The summed E-state index contributed by atoms with van der Waals surface area (Å²) >= 11 is 1.36. The van der Waals surface area contributed by atoms with Gasteiger partial charge in [-0.15, -0.1) is 11.3 Å². The third-order valence-electron chi connectivity index (χ3n) is 2.38. The van der Waals surface area contributed by atoms with E-state index in [9.17, 15) is 4.79 Å². The first-order chi connectivity index (χ1) is 9.92. The van der Waals surface area contributed by atoms with E-state index >= 15 is 0 Å². The van der Waals surface area contributed by atoms with Crippen molar-refractivity contribution in [2.24, 2.45) is 0 Å². The molecule has 0 aliphatic heterocycles. The van der Waals surface area contributed by atoms with Crippen LogP contribution in [0.5, 0.6) is 0 Å². The first-order valence-electron chi connectivity index (χ1n) is 6.61. The van der Waals surface area contributed by atoms with Crippen molar-refractivity contribution >= 4 is 34.7 Å². The molecule has 5 heteroatoms. The SMILES string of the molecule is CC(C)(C)OC(=O)Nc1nc(C=Cc2ccccc2)cs1. The maximum Gasteiger partial charge on any atom is 0.413 e. The minimum absolute atomic E-state index is 0.490. The summed E-state index contributed by atoms with van der Waals surface area (Å²) in [4.78, 5) is 15.9. The lowest BCUT2D eigenvalue weighted by molar-refractivity contribution is 0.0636. The number of nitrogens with zero attached hydrogens (tertiary/aromatic N) is 1. The summed E-state index contributed by atoms with van der Waals surface area (Å²) in [5.74, 6) is 0. The molecule has 2 aromatic rings. The molecule has 1 N–H and O–H groups in total. The van der Waals surface area contributed by atoms with E-state index in [0.717, 1.165) is 11.3 Å². The van der Waals surface area contributed by atoms with Crippen LogP contribution in [-0.2, 0) is 4.74 Å². The summed E-state index contributed by atoms with van der Waals surface area (Å²) in [5.41, 5.74) is 1.39. The second-order valence-electron chi connectivity index (χ2n) is 5.45. The summed E-state index contributed by atoms with van der Waals surface area (Å²) in [5, 5.41) is 5.04. The molecule has 110 valence electrons. The highest BCUT2D eigenvalue weighted by Gasteiger charge is 2.16. The van der Waals surface area contributed by atoms with Gasteiger partial charge >= 0.3 is 6.09 Å². The van der Waals surface area contributed by atoms with Crippen LogP contribution in [0.2, 0.25) is 0 Å². The molecular weight excluding hydrogens is 284 g/mol. The van der Waals surface area contributed by atoms with Gasteiger partial charge in [0.1, 0.15) is 5.60 Å². The maximum atomic E-state index is 11.6. The molecule has 0 unspecified atom stereocenters. The first-order valence-corrected chi connectivity index (χ1v) is 7.49. The van der Waals surface area contributed by atoms with Crippen molar-refractivity contribution in [2.75, 3.05) is 5.32 Å². The Morgan fingerprint density at radius 2 is 1.95 bits per heavy atom. The van der Waals surface area contributed by atoms with E-state index in [2.05, 4.69) is 10.3 Å². The van der Waals surface area contributed by atoms with Gasteiger partial charge in [0.2, 0.25) is 0 Å². The Labute approximate surface area is 128 Å². The molecule has 4 nitrogen and oxygen atoms in total. The zero-order valence-corrected chi connectivity index (χ0v) is 13.1. The van der Waals surface area contributed by atoms with Gasteiger partial charge in [0, 0.05) is 5.38 Å². The number of rotatable bonds is 3. The average Bonchev–Trinajstić information content (AvgIpc) is 2.83. The fraction of sp³-hybridized carbons (Fsp3) is 0.250. The lowest BCUT2D eigenvalue weighted by Crippen LogP contribution is -2.27. The molecule has 0 fully saturated rings. The number of thiazole rings is 1. The van der Waals surface area contributed by atoms with Gasteiger partial charge in [-0.3, -0.25) is 5.32 Å². The van der Waals surface area contributed by atoms with Crippen molar-refractivity contribution in [3.63, 3.8) is 0 Å². The summed E-state index contributed by atoms with van der Waals surface area (Å²) in [6.07, 6.45) is 3.40. The first kappa shape index (κ1) is 15.3. The largest absolute Gasteiger partial charge is 0.444 e. The number of amides is 1. The van der Waals surface area contributed by atoms with Gasteiger partial charge in [0.05, 0.1) is 5.69 Å². The van der Waals surface area contributed by atoms with Gasteiger partial charge < -0.3 is 4.74 Å². The van der Waals surface area contributed by atoms with Gasteiger partial charge in [-0.25, -0.2) is 9.78 Å². The van der Waals surface area contributed by atoms with E-state index in [1.165, 1.54) is 11.3 Å². The Kier molecular flexibility index (Phi) is 4.75. The highest BCUT2D eigenvalue weighted by atomic mass is 32.1. The van der Waals surface area contributed by atoms with Crippen molar-refractivity contribution in [1.29, 1.82) is 0 Å².